The lowest BCUT2D eigenvalue weighted by Crippen LogP contribution is -2.48. The summed E-state index contributed by atoms with van der Waals surface area (Å²) in [4.78, 5) is 24.7. The molecule has 0 unspecified atom stereocenters. The number of carbonyl (C=O) groups excluding carboxylic acids is 2. The van der Waals surface area contributed by atoms with Gasteiger partial charge in [0, 0.05) is 6.42 Å². The summed E-state index contributed by atoms with van der Waals surface area (Å²) in [5.74, 6) is -0.333. The standard InChI is InChI=1S/C34H31F3N2O6S/c1-22-7-12-26(34(35,36)37)21-29(22)24-10-15-28(16-11-24)46(42,43)39-30-6-4-3-5-25(30)20-31(39)33(41)38-17-18-45-27-13-8-23(9-14-27)19-32(40)44-2/h3-16,21,31H,17-20H2,1-2H3,(H,38,41)/t31-/m0/s1. The van der Waals surface area contributed by atoms with Crippen molar-refractivity contribution in [3.63, 3.8) is 0 Å². The highest BCUT2D eigenvalue weighted by atomic mass is 32.2. The maximum atomic E-state index is 14.0. The Kier molecular flexibility index (Phi) is 9.38. The van der Waals surface area contributed by atoms with Crippen molar-refractivity contribution in [2.75, 3.05) is 24.6 Å². The number of alkyl halides is 3. The number of fused-ring (bicyclic) bond motifs is 1. The number of sulfonamides is 1. The molecule has 5 rings (SSSR count). The van der Waals surface area contributed by atoms with Crippen molar-refractivity contribution in [1.82, 2.24) is 5.32 Å². The molecule has 1 aliphatic rings. The first kappa shape index (κ1) is 32.6. The highest BCUT2D eigenvalue weighted by molar-refractivity contribution is 7.93. The van der Waals surface area contributed by atoms with Crippen molar-refractivity contribution < 1.29 is 40.7 Å². The van der Waals surface area contributed by atoms with Crippen molar-refractivity contribution in [2.45, 2.75) is 36.9 Å². The second-order valence-electron chi connectivity index (χ2n) is 10.7. The third-order valence-corrected chi connectivity index (χ3v) is 9.52. The summed E-state index contributed by atoms with van der Waals surface area (Å²) in [7, 11) is -2.93. The number of hydrogen-bond donors (Lipinski definition) is 1. The number of nitrogens with one attached hydrogen (secondary N) is 1. The summed E-state index contributed by atoms with van der Waals surface area (Å²) in [6.45, 7) is 1.90. The van der Waals surface area contributed by atoms with Crippen molar-refractivity contribution >= 4 is 27.6 Å². The van der Waals surface area contributed by atoms with Crippen LogP contribution in [-0.2, 0) is 43.4 Å². The highest BCUT2D eigenvalue weighted by Gasteiger charge is 2.42. The lowest BCUT2D eigenvalue weighted by Gasteiger charge is -2.26. The predicted molar refractivity (Wildman–Crippen MR) is 166 cm³/mol. The van der Waals surface area contributed by atoms with Gasteiger partial charge in [-0.1, -0.05) is 48.5 Å². The molecule has 1 amide bonds. The Bertz CT molecular complexity index is 1840. The zero-order valence-electron chi connectivity index (χ0n) is 25.0. The van der Waals surface area contributed by atoms with E-state index in [1.165, 1.54) is 37.4 Å². The molecule has 4 aromatic carbocycles. The van der Waals surface area contributed by atoms with Gasteiger partial charge in [-0.2, -0.15) is 13.2 Å². The Hall–Kier alpha value is -4.84. The quantitative estimate of drug-likeness (QED) is 0.174. The maximum absolute atomic E-state index is 14.0. The van der Waals surface area contributed by atoms with Crippen molar-refractivity contribution in [3.05, 3.63) is 113 Å². The lowest BCUT2D eigenvalue weighted by atomic mass is 9.98. The smallest absolute Gasteiger partial charge is 0.416 e. The Morgan fingerprint density at radius 1 is 0.957 bits per heavy atom. The van der Waals surface area contributed by atoms with E-state index in [-0.39, 0.29) is 36.9 Å². The van der Waals surface area contributed by atoms with Gasteiger partial charge in [0.1, 0.15) is 18.4 Å². The van der Waals surface area contributed by atoms with E-state index in [2.05, 4.69) is 10.1 Å². The Labute approximate surface area is 264 Å². The summed E-state index contributed by atoms with van der Waals surface area (Å²) in [5, 5.41) is 2.76. The van der Waals surface area contributed by atoms with Crippen LogP contribution >= 0.6 is 0 Å². The second kappa shape index (κ2) is 13.3. The first-order chi connectivity index (χ1) is 21.9. The Morgan fingerprint density at radius 2 is 1.65 bits per heavy atom. The van der Waals surface area contributed by atoms with Crippen LogP contribution in [0.4, 0.5) is 18.9 Å². The van der Waals surface area contributed by atoms with Gasteiger partial charge in [0.2, 0.25) is 5.91 Å². The number of nitrogens with zero attached hydrogens (tertiary/aromatic N) is 1. The molecule has 0 saturated carbocycles. The predicted octanol–water partition coefficient (Wildman–Crippen LogP) is 5.71. The van der Waals surface area contributed by atoms with Gasteiger partial charge in [-0.15, -0.1) is 0 Å². The zero-order valence-corrected chi connectivity index (χ0v) is 25.8. The molecule has 8 nitrogen and oxygen atoms in total. The molecule has 12 heteroatoms. The van der Waals surface area contributed by atoms with Gasteiger partial charge in [0.15, 0.2) is 0 Å². The molecular weight excluding hydrogens is 621 g/mol. The molecule has 240 valence electrons. The fourth-order valence-electron chi connectivity index (χ4n) is 5.29. The number of amides is 1. The van der Waals surface area contributed by atoms with Gasteiger partial charge in [0.05, 0.1) is 36.2 Å². The number of methoxy groups -OCH3 is 1. The molecule has 0 saturated heterocycles. The average molecular weight is 653 g/mol. The molecule has 0 aliphatic carbocycles. The summed E-state index contributed by atoms with van der Waals surface area (Å²) in [5.41, 5.74) is 2.39. The molecule has 0 bridgehead atoms. The van der Waals surface area contributed by atoms with Crippen molar-refractivity contribution in [2.24, 2.45) is 0 Å². The normalized spacial score (nSPS) is 14.5. The van der Waals surface area contributed by atoms with Crippen LogP contribution in [0.5, 0.6) is 5.75 Å². The molecule has 4 aromatic rings. The third-order valence-electron chi connectivity index (χ3n) is 7.68. The van der Waals surface area contributed by atoms with Crippen LogP contribution in [0.15, 0.2) is 95.9 Å². The van der Waals surface area contributed by atoms with Crippen LogP contribution in [-0.4, -0.2) is 46.6 Å². The highest BCUT2D eigenvalue weighted by Crippen LogP contribution is 2.38. The van der Waals surface area contributed by atoms with E-state index in [1.54, 1.807) is 55.5 Å². The van der Waals surface area contributed by atoms with E-state index in [9.17, 15) is 31.2 Å². The van der Waals surface area contributed by atoms with Crippen LogP contribution in [0.25, 0.3) is 11.1 Å². The number of para-hydroxylation sites is 1. The molecule has 0 aromatic heterocycles. The molecule has 1 aliphatic heterocycles. The largest absolute Gasteiger partial charge is 0.492 e. The van der Waals surface area contributed by atoms with Crippen LogP contribution in [0.2, 0.25) is 0 Å². The SMILES string of the molecule is COC(=O)Cc1ccc(OCCNC(=O)[C@@H]2Cc3ccccc3N2S(=O)(=O)c2ccc(-c3cc(C(F)(F)F)ccc3C)cc2)cc1. The van der Waals surface area contributed by atoms with E-state index in [1.807, 2.05) is 0 Å². The third kappa shape index (κ3) is 7.02. The number of esters is 1. The zero-order chi connectivity index (χ0) is 33.1. The number of halogens is 3. The van der Waals surface area contributed by atoms with E-state index >= 15 is 0 Å². The van der Waals surface area contributed by atoms with Gasteiger partial charge in [-0.3, -0.25) is 13.9 Å². The summed E-state index contributed by atoms with van der Waals surface area (Å²) in [6.07, 6.45) is -4.23. The van der Waals surface area contributed by atoms with E-state index in [4.69, 9.17) is 4.74 Å². The number of carbonyl (C=O) groups is 2. The molecule has 1 N–H and O–H groups in total. The Morgan fingerprint density at radius 3 is 2.33 bits per heavy atom. The summed E-state index contributed by atoms with van der Waals surface area (Å²) >= 11 is 0. The number of benzene rings is 4. The number of ether oxygens (including phenoxy) is 2. The molecule has 0 radical (unpaired) electrons. The van der Waals surface area contributed by atoms with Gasteiger partial charge in [-0.25, -0.2) is 8.42 Å². The minimum atomic E-state index is -4.52. The topological polar surface area (TPSA) is 102 Å². The molecule has 0 fully saturated rings. The number of anilines is 1. The fourth-order valence-corrected chi connectivity index (χ4v) is 6.94. The maximum Gasteiger partial charge on any atom is 0.416 e. The van der Waals surface area contributed by atoms with Crippen molar-refractivity contribution in [3.8, 4) is 16.9 Å². The molecule has 1 heterocycles. The van der Waals surface area contributed by atoms with Crippen LogP contribution in [0, 0.1) is 6.92 Å². The first-order valence-electron chi connectivity index (χ1n) is 14.4. The van der Waals surface area contributed by atoms with Gasteiger partial charge in [-0.05, 0) is 77.2 Å². The van der Waals surface area contributed by atoms with Crippen LogP contribution < -0.4 is 14.4 Å². The number of aryl methyl sites for hydroxylation is 1. The minimum absolute atomic E-state index is 0.102. The second-order valence-corrected chi connectivity index (χ2v) is 12.6. The Balaban J connectivity index is 1.30. The lowest BCUT2D eigenvalue weighted by molar-refractivity contribution is -0.140. The monoisotopic (exact) mass is 652 g/mol. The number of hydrogen-bond acceptors (Lipinski definition) is 6. The first-order valence-corrected chi connectivity index (χ1v) is 15.8. The van der Waals surface area contributed by atoms with Gasteiger partial charge in [0.25, 0.3) is 10.0 Å². The van der Waals surface area contributed by atoms with Gasteiger partial charge >= 0.3 is 12.1 Å². The molecule has 1 atom stereocenters. The minimum Gasteiger partial charge on any atom is -0.492 e. The van der Waals surface area contributed by atoms with E-state index in [0.29, 0.717) is 33.7 Å². The average Bonchev–Trinajstić information content (AvgIpc) is 3.44. The fraction of sp³-hybridized carbons (Fsp3) is 0.235. The van der Waals surface area contributed by atoms with Crippen molar-refractivity contribution in [1.29, 1.82) is 0 Å². The van der Waals surface area contributed by atoms with Crippen LogP contribution in [0.1, 0.15) is 22.3 Å². The molecule has 46 heavy (non-hydrogen) atoms. The summed E-state index contributed by atoms with van der Waals surface area (Å²) in [6, 6.07) is 21.7. The molecule has 0 spiro atoms. The summed E-state index contributed by atoms with van der Waals surface area (Å²) < 4.78 is 79.4. The van der Waals surface area contributed by atoms with Crippen LogP contribution in [0.3, 0.4) is 0 Å². The van der Waals surface area contributed by atoms with Gasteiger partial charge < -0.3 is 14.8 Å². The van der Waals surface area contributed by atoms with E-state index < -0.39 is 33.7 Å². The van der Waals surface area contributed by atoms with E-state index in [0.717, 1.165) is 22.0 Å². The molecular formula is C34H31F3N2O6S. The number of rotatable bonds is 10.